The van der Waals surface area contributed by atoms with Crippen LogP contribution in [0.5, 0.6) is 0 Å². The zero-order valence-corrected chi connectivity index (χ0v) is 12.5. The molecule has 6 heteroatoms. The molecule has 108 valence electrons. The summed E-state index contributed by atoms with van der Waals surface area (Å²) in [6.07, 6.45) is 4.25. The second-order valence-electron chi connectivity index (χ2n) is 5.09. The highest BCUT2D eigenvalue weighted by Gasteiger charge is 2.42. The van der Waals surface area contributed by atoms with Gasteiger partial charge < -0.3 is 11.1 Å². The molecule has 1 fully saturated rings. The number of benzene rings is 1. The van der Waals surface area contributed by atoms with Crippen LogP contribution < -0.4 is 11.1 Å². The molecule has 0 aliphatic heterocycles. The molecule has 0 unspecified atom stereocenters. The molecule has 1 aliphatic carbocycles. The molecule has 0 bridgehead atoms. The predicted octanol–water partition coefficient (Wildman–Crippen LogP) is 3.65. The molecular formula is C14H16ClFN2OS. The van der Waals surface area contributed by atoms with Crippen LogP contribution in [0.4, 0.5) is 10.1 Å². The average molecular weight is 315 g/mol. The number of nitrogens with one attached hydrogen (secondary N) is 1. The summed E-state index contributed by atoms with van der Waals surface area (Å²) in [7, 11) is 0. The van der Waals surface area contributed by atoms with Crippen LogP contribution in [0, 0.1) is 11.2 Å². The molecular weight excluding hydrogens is 299 g/mol. The number of thiocarbonyl (C=S) groups is 1. The number of anilines is 1. The van der Waals surface area contributed by atoms with E-state index in [1.807, 2.05) is 0 Å². The van der Waals surface area contributed by atoms with Crippen molar-refractivity contribution in [1.29, 1.82) is 0 Å². The third-order valence-corrected chi connectivity index (χ3v) is 4.47. The van der Waals surface area contributed by atoms with Crippen LogP contribution in [0.25, 0.3) is 0 Å². The first-order chi connectivity index (χ1) is 9.45. The Morgan fingerprint density at radius 1 is 1.35 bits per heavy atom. The first-order valence-electron chi connectivity index (χ1n) is 6.52. The molecule has 1 aromatic carbocycles. The summed E-state index contributed by atoms with van der Waals surface area (Å²) in [4.78, 5) is 12.7. The number of amides is 1. The summed E-state index contributed by atoms with van der Waals surface area (Å²) in [5.74, 6) is -0.751. The van der Waals surface area contributed by atoms with Crippen LogP contribution in [0.3, 0.4) is 0 Å². The first kappa shape index (κ1) is 15.2. The Hall–Kier alpha value is -1.20. The van der Waals surface area contributed by atoms with Gasteiger partial charge in [0.15, 0.2) is 0 Å². The summed E-state index contributed by atoms with van der Waals surface area (Å²) in [5, 5.41) is 2.71. The van der Waals surface area contributed by atoms with E-state index in [4.69, 9.17) is 29.6 Å². The molecule has 1 aliphatic rings. The Kier molecular flexibility index (Phi) is 4.60. The molecule has 3 N–H and O–H groups in total. The van der Waals surface area contributed by atoms with Gasteiger partial charge in [-0.2, -0.15) is 0 Å². The summed E-state index contributed by atoms with van der Waals surface area (Å²) in [6.45, 7) is 0. The highest BCUT2D eigenvalue weighted by molar-refractivity contribution is 7.80. The highest BCUT2D eigenvalue weighted by Crippen LogP contribution is 2.38. The molecule has 0 radical (unpaired) electrons. The summed E-state index contributed by atoms with van der Waals surface area (Å²) in [6, 6.07) is 4.06. The van der Waals surface area contributed by atoms with E-state index >= 15 is 0 Å². The third kappa shape index (κ3) is 2.94. The predicted molar refractivity (Wildman–Crippen MR) is 82.3 cm³/mol. The van der Waals surface area contributed by atoms with Crippen molar-refractivity contribution in [3.8, 4) is 0 Å². The standard InChI is InChI=1S/C14H16ClFN2OS/c15-10-8-9(4-5-11(10)16)18-13(19)14(12(17)20)6-2-1-3-7-14/h4-5,8H,1-3,6-7H2,(H2,17,20)(H,18,19). The number of carbonyl (C=O) groups excluding carboxylic acids is 1. The van der Waals surface area contributed by atoms with Crippen LogP contribution in [-0.2, 0) is 4.79 Å². The van der Waals surface area contributed by atoms with Crippen LogP contribution in [0.2, 0.25) is 5.02 Å². The lowest BCUT2D eigenvalue weighted by molar-refractivity contribution is -0.123. The Labute approximate surface area is 127 Å². The molecule has 2 rings (SSSR count). The van der Waals surface area contributed by atoms with Crippen LogP contribution >= 0.6 is 23.8 Å². The van der Waals surface area contributed by atoms with Crippen LogP contribution in [-0.4, -0.2) is 10.9 Å². The lowest BCUT2D eigenvalue weighted by Gasteiger charge is -2.34. The number of hydrogen-bond donors (Lipinski definition) is 2. The average Bonchev–Trinajstić information content (AvgIpc) is 2.43. The van der Waals surface area contributed by atoms with Gasteiger partial charge in [-0.25, -0.2) is 4.39 Å². The Morgan fingerprint density at radius 3 is 2.55 bits per heavy atom. The normalized spacial score (nSPS) is 17.5. The number of halogens is 2. The van der Waals surface area contributed by atoms with E-state index in [1.165, 1.54) is 18.2 Å². The Bertz CT molecular complexity index is 544. The van der Waals surface area contributed by atoms with Crippen molar-refractivity contribution in [3.05, 3.63) is 29.0 Å². The van der Waals surface area contributed by atoms with E-state index < -0.39 is 11.2 Å². The number of rotatable bonds is 3. The molecule has 20 heavy (non-hydrogen) atoms. The summed E-state index contributed by atoms with van der Waals surface area (Å²) < 4.78 is 13.1. The molecule has 1 saturated carbocycles. The van der Waals surface area contributed by atoms with Gasteiger partial charge in [0.2, 0.25) is 5.91 Å². The van der Waals surface area contributed by atoms with Gasteiger partial charge in [-0.05, 0) is 31.0 Å². The smallest absolute Gasteiger partial charge is 0.237 e. The van der Waals surface area contributed by atoms with Crippen molar-refractivity contribution < 1.29 is 9.18 Å². The molecule has 0 aromatic heterocycles. The fraction of sp³-hybridized carbons (Fsp3) is 0.429. The SMILES string of the molecule is NC(=S)C1(C(=O)Nc2ccc(F)c(Cl)c2)CCCCC1. The maximum absolute atomic E-state index is 13.1. The lowest BCUT2D eigenvalue weighted by atomic mass is 9.73. The molecule has 0 heterocycles. The van der Waals surface area contributed by atoms with E-state index in [-0.39, 0.29) is 15.9 Å². The van der Waals surface area contributed by atoms with Gasteiger partial charge in [0.05, 0.1) is 15.4 Å². The molecule has 0 atom stereocenters. The summed E-state index contributed by atoms with van der Waals surface area (Å²) >= 11 is 10.8. The van der Waals surface area contributed by atoms with E-state index in [1.54, 1.807) is 0 Å². The molecule has 3 nitrogen and oxygen atoms in total. The molecule has 0 spiro atoms. The van der Waals surface area contributed by atoms with Gasteiger partial charge in [0.1, 0.15) is 5.82 Å². The van der Waals surface area contributed by atoms with E-state index in [0.29, 0.717) is 18.5 Å². The maximum atomic E-state index is 13.1. The van der Waals surface area contributed by atoms with E-state index in [9.17, 15) is 9.18 Å². The largest absolute Gasteiger partial charge is 0.392 e. The van der Waals surface area contributed by atoms with Crippen molar-refractivity contribution in [2.45, 2.75) is 32.1 Å². The molecule has 1 amide bonds. The topological polar surface area (TPSA) is 55.1 Å². The lowest BCUT2D eigenvalue weighted by Crippen LogP contribution is -2.47. The van der Waals surface area contributed by atoms with Crippen molar-refractivity contribution >= 4 is 40.4 Å². The monoisotopic (exact) mass is 314 g/mol. The minimum absolute atomic E-state index is 0.0316. The van der Waals surface area contributed by atoms with E-state index in [0.717, 1.165) is 19.3 Å². The van der Waals surface area contributed by atoms with Crippen molar-refractivity contribution in [1.82, 2.24) is 0 Å². The van der Waals surface area contributed by atoms with Crippen LogP contribution in [0.15, 0.2) is 18.2 Å². The molecule has 1 aromatic rings. The van der Waals surface area contributed by atoms with Crippen LogP contribution in [0.1, 0.15) is 32.1 Å². The van der Waals surface area contributed by atoms with Gasteiger partial charge >= 0.3 is 0 Å². The molecule has 0 saturated heterocycles. The van der Waals surface area contributed by atoms with Gasteiger partial charge in [0, 0.05) is 5.69 Å². The summed E-state index contributed by atoms with van der Waals surface area (Å²) in [5.41, 5.74) is 5.44. The fourth-order valence-electron chi connectivity index (χ4n) is 2.57. The van der Waals surface area contributed by atoms with Gasteiger partial charge in [0.25, 0.3) is 0 Å². The van der Waals surface area contributed by atoms with Gasteiger partial charge in [-0.1, -0.05) is 43.1 Å². The van der Waals surface area contributed by atoms with Gasteiger partial charge in [-0.15, -0.1) is 0 Å². The second kappa shape index (κ2) is 6.06. The quantitative estimate of drug-likeness (QED) is 0.837. The number of carbonyl (C=O) groups is 1. The maximum Gasteiger partial charge on any atom is 0.237 e. The second-order valence-corrected chi connectivity index (χ2v) is 5.94. The Morgan fingerprint density at radius 2 is 2.00 bits per heavy atom. The van der Waals surface area contributed by atoms with Crippen molar-refractivity contribution in [3.63, 3.8) is 0 Å². The van der Waals surface area contributed by atoms with Crippen molar-refractivity contribution in [2.24, 2.45) is 11.1 Å². The minimum atomic E-state index is -0.797. The third-order valence-electron chi connectivity index (χ3n) is 3.79. The Balaban J connectivity index is 2.20. The minimum Gasteiger partial charge on any atom is -0.392 e. The zero-order valence-electron chi connectivity index (χ0n) is 10.9. The zero-order chi connectivity index (χ0) is 14.8. The first-order valence-corrected chi connectivity index (χ1v) is 7.31. The fourth-order valence-corrected chi connectivity index (χ4v) is 3.04. The van der Waals surface area contributed by atoms with E-state index in [2.05, 4.69) is 5.32 Å². The van der Waals surface area contributed by atoms with Gasteiger partial charge in [-0.3, -0.25) is 4.79 Å². The number of hydrogen-bond acceptors (Lipinski definition) is 2. The number of nitrogens with two attached hydrogens (primary N) is 1. The highest BCUT2D eigenvalue weighted by atomic mass is 35.5. The van der Waals surface area contributed by atoms with Crippen molar-refractivity contribution in [2.75, 3.05) is 5.32 Å².